The van der Waals surface area contributed by atoms with E-state index in [4.69, 9.17) is 0 Å². The highest BCUT2D eigenvalue weighted by molar-refractivity contribution is 5.83. The van der Waals surface area contributed by atoms with Gasteiger partial charge in [-0.3, -0.25) is 4.79 Å². The van der Waals surface area contributed by atoms with E-state index in [2.05, 4.69) is 16.7 Å². The minimum Gasteiger partial charge on any atom is -0.508 e. The Kier molecular flexibility index (Phi) is 8.46. The number of aromatic hydroxyl groups is 2. The number of rotatable bonds is 10. The van der Waals surface area contributed by atoms with E-state index in [1.165, 1.54) is 18.2 Å². The van der Waals surface area contributed by atoms with Crippen molar-refractivity contribution in [1.82, 2.24) is 10.6 Å². The maximum absolute atomic E-state index is 12.6. The molecule has 6 nitrogen and oxygen atoms in total. The second kappa shape index (κ2) is 11.5. The van der Waals surface area contributed by atoms with E-state index < -0.39 is 6.10 Å². The number of hydrogen-bond donors (Lipinski definition) is 5. The number of phenolic OH excluding ortho intramolecular Hbond substituents is 2. The number of phenols is 2. The van der Waals surface area contributed by atoms with Gasteiger partial charge < -0.3 is 26.0 Å². The predicted molar refractivity (Wildman–Crippen MR) is 129 cm³/mol. The molecule has 1 amide bonds. The molecule has 0 saturated heterocycles. The van der Waals surface area contributed by atoms with Crippen LogP contribution in [0.25, 0.3) is 0 Å². The lowest BCUT2D eigenvalue weighted by molar-refractivity contribution is -0.122. The standard InChI is InChI=1S/C27H32N2O4/c1-18(28-17-26(32)23-13-24(30)15-25(31)14-23)11-21-9-6-10-22(12-21)19(2)27(33)29-16-20-7-4-3-5-8-20/h3-10,12-15,18-19,26,28,30-32H,11,16-17H2,1-2H3,(H,29,33). The minimum atomic E-state index is -0.856. The normalized spacial score (nSPS) is 13.8. The zero-order valence-electron chi connectivity index (χ0n) is 19.0. The van der Waals surface area contributed by atoms with Crippen molar-refractivity contribution < 1.29 is 20.1 Å². The SMILES string of the molecule is CC(Cc1cccc(C(C)C(=O)NCc2ccccc2)c1)NCC(O)c1cc(O)cc(O)c1. The third-order valence-corrected chi connectivity index (χ3v) is 5.67. The lowest BCUT2D eigenvalue weighted by Crippen LogP contribution is -2.32. The summed E-state index contributed by atoms with van der Waals surface area (Å²) in [5.41, 5.74) is 3.57. The highest BCUT2D eigenvalue weighted by Gasteiger charge is 2.16. The Morgan fingerprint density at radius 3 is 2.21 bits per heavy atom. The number of aliphatic hydroxyl groups is 1. The van der Waals surface area contributed by atoms with E-state index >= 15 is 0 Å². The number of amides is 1. The average Bonchev–Trinajstić information content (AvgIpc) is 2.80. The molecule has 0 bridgehead atoms. The summed E-state index contributed by atoms with van der Waals surface area (Å²) in [5.74, 6) is -0.455. The fourth-order valence-corrected chi connectivity index (χ4v) is 3.75. The first-order chi connectivity index (χ1) is 15.8. The van der Waals surface area contributed by atoms with Crippen molar-refractivity contribution in [2.24, 2.45) is 0 Å². The van der Waals surface area contributed by atoms with Crippen LogP contribution in [0.4, 0.5) is 0 Å². The number of aliphatic hydroxyl groups excluding tert-OH is 1. The zero-order valence-corrected chi connectivity index (χ0v) is 19.0. The second-order valence-electron chi connectivity index (χ2n) is 8.48. The highest BCUT2D eigenvalue weighted by atomic mass is 16.3. The van der Waals surface area contributed by atoms with E-state index in [0.717, 1.165) is 23.1 Å². The molecule has 0 aromatic heterocycles. The Morgan fingerprint density at radius 2 is 1.52 bits per heavy atom. The molecule has 0 aliphatic rings. The van der Waals surface area contributed by atoms with Gasteiger partial charge in [0, 0.05) is 25.2 Å². The summed E-state index contributed by atoms with van der Waals surface area (Å²) in [5, 5.41) is 35.8. The van der Waals surface area contributed by atoms with Crippen LogP contribution in [0.3, 0.4) is 0 Å². The molecule has 3 atom stereocenters. The zero-order chi connectivity index (χ0) is 23.8. The molecule has 0 heterocycles. The van der Waals surface area contributed by atoms with Crippen molar-refractivity contribution in [3.63, 3.8) is 0 Å². The second-order valence-corrected chi connectivity index (χ2v) is 8.48. The van der Waals surface area contributed by atoms with Gasteiger partial charge in [-0.1, -0.05) is 54.6 Å². The Bertz CT molecular complexity index is 1030. The van der Waals surface area contributed by atoms with Crippen LogP contribution in [0, 0.1) is 0 Å². The summed E-state index contributed by atoms with van der Waals surface area (Å²) in [6.07, 6.45) is -0.130. The van der Waals surface area contributed by atoms with Gasteiger partial charge >= 0.3 is 0 Å². The summed E-state index contributed by atoms with van der Waals surface area (Å²) in [6, 6.07) is 22.0. The van der Waals surface area contributed by atoms with Crippen LogP contribution < -0.4 is 10.6 Å². The molecule has 0 aliphatic heterocycles. The van der Waals surface area contributed by atoms with Crippen LogP contribution in [0.1, 0.15) is 48.1 Å². The molecular weight excluding hydrogens is 416 g/mol. The maximum Gasteiger partial charge on any atom is 0.227 e. The largest absolute Gasteiger partial charge is 0.508 e. The van der Waals surface area contributed by atoms with Crippen molar-refractivity contribution in [3.05, 3.63) is 95.1 Å². The predicted octanol–water partition coefficient (Wildman–Crippen LogP) is 3.77. The van der Waals surface area contributed by atoms with Gasteiger partial charge in [-0.2, -0.15) is 0 Å². The number of carbonyl (C=O) groups is 1. The Morgan fingerprint density at radius 1 is 0.848 bits per heavy atom. The summed E-state index contributed by atoms with van der Waals surface area (Å²) in [7, 11) is 0. The van der Waals surface area contributed by atoms with E-state index in [9.17, 15) is 20.1 Å². The van der Waals surface area contributed by atoms with E-state index in [-0.39, 0.29) is 35.9 Å². The smallest absolute Gasteiger partial charge is 0.227 e. The van der Waals surface area contributed by atoms with Gasteiger partial charge in [0.1, 0.15) is 11.5 Å². The monoisotopic (exact) mass is 448 g/mol. The maximum atomic E-state index is 12.6. The molecule has 0 spiro atoms. The first-order valence-electron chi connectivity index (χ1n) is 11.2. The molecule has 3 unspecified atom stereocenters. The van der Waals surface area contributed by atoms with Gasteiger partial charge in [0.2, 0.25) is 5.91 Å². The molecule has 0 aliphatic carbocycles. The minimum absolute atomic E-state index is 0.0142. The van der Waals surface area contributed by atoms with Gasteiger partial charge in [-0.25, -0.2) is 0 Å². The lowest BCUT2D eigenvalue weighted by Gasteiger charge is -2.19. The summed E-state index contributed by atoms with van der Waals surface area (Å²) in [4.78, 5) is 12.6. The topological polar surface area (TPSA) is 102 Å². The molecule has 0 radical (unpaired) electrons. The number of benzene rings is 3. The van der Waals surface area contributed by atoms with Gasteiger partial charge in [0.15, 0.2) is 0 Å². The summed E-state index contributed by atoms with van der Waals surface area (Å²) in [6.45, 7) is 4.71. The fourth-order valence-electron chi connectivity index (χ4n) is 3.75. The fraction of sp³-hybridized carbons (Fsp3) is 0.296. The van der Waals surface area contributed by atoms with Crippen molar-refractivity contribution in [2.75, 3.05) is 6.54 Å². The quantitative estimate of drug-likeness (QED) is 0.325. The van der Waals surface area contributed by atoms with Crippen LogP contribution in [-0.2, 0) is 17.8 Å². The van der Waals surface area contributed by atoms with Gasteiger partial charge in [0.25, 0.3) is 0 Å². The highest BCUT2D eigenvalue weighted by Crippen LogP contribution is 2.25. The number of nitrogens with one attached hydrogen (secondary N) is 2. The number of hydrogen-bond acceptors (Lipinski definition) is 5. The summed E-state index contributed by atoms with van der Waals surface area (Å²) >= 11 is 0. The van der Waals surface area contributed by atoms with Gasteiger partial charge in [-0.15, -0.1) is 0 Å². The first-order valence-corrected chi connectivity index (χ1v) is 11.2. The summed E-state index contributed by atoms with van der Waals surface area (Å²) < 4.78 is 0. The molecular formula is C27H32N2O4. The van der Waals surface area contributed by atoms with E-state index in [0.29, 0.717) is 12.1 Å². The van der Waals surface area contributed by atoms with Gasteiger partial charge in [0.05, 0.1) is 12.0 Å². The van der Waals surface area contributed by atoms with E-state index in [1.54, 1.807) is 0 Å². The molecule has 3 aromatic carbocycles. The third-order valence-electron chi connectivity index (χ3n) is 5.67. The van der Waals surface area contributed by atoms with Crippen molar-refractivity contribution in [3.8, 4) is 11.5 Å². The van der Waals surface area contributed by atoms with E-state index in [1.807, 2.05) is 62.4 Å². The Hall–Kier alpha value is -3.35. The molecule has 6 heteroatoms. The molecule has 0 saturated carbocycles. The van der Waals surface area contributed by atoms with Crippen LogP contribution in [0.15, 0.2) is 72.8 Å². The van der Waals surface area contributed by atoms with Crippen molar-refractivity contribution >= 4 is 5.91 Å². The van der Waals surface area contributed by atoms with Crippen LogP contribution in [0.5, 0.6) is 11.5 Å². The average molecular weight is 449 g/mol. The molecule has 0 fully saturated rings. The van der Waals surface area contributed by atoms with Crippen molar-refractivity contribution in [1.29, 1.82) is 0 Å². The molecule has 33 heavy (non-hydrogen) atoms. The lowest BCUT2D eigenvalue weighted by atomic mass is 9.96. The van der Waals surface area contributed by atoms with Crippen LogP contribution in [0.2, 0.25) is 0 Å². The van der Waals surface area contributed by atoms with Crippen molar-refractivity contribution in [2.45, 2.75) is 44.9 Å². The van der Waals surface area contributed by atoms with Crippen LogP contribution >= 0.6 is 0 Å². The van der Waals surface area contributed by atoms with Crippen LogP contribution in [-0.4, -0.2) is 33.8 Å². The molecule has 3 aromatic rings. The Labute approximate surface area is 194 Å². The number of carbonyl (C=O) groups excluding carboxylic acids is 1. The third kappa shape index (κ3) is 7.34. The molecule has 174 valence electrons. The first kappa shape index (κ1) is 24.3. The Balaban J connectivity index is 1.52. The molecule has 3 rings (SSSR count). The molecule has 5 N–H and O–H groups in total. The van der Waals surface area contributed by atoms with Gasteiger partial charge in [-0.05, 0) is 54.7 Å².